The number of carbonyl (C=O) groups is 1. The minimum atomic E-state index is -1.12. The van der Waals surface area contributed by atoms with E-state index in [2.05, 4.69) is 30.3 Å². The number of carboxylic acid groups (broad SMARTS) is 1. The van der Waals surface area contributed by atoms with E-state index in [0.717, 1.165) is 22.0 Å². The quantitative estimate of drug-likeness (QED) is 0.378. The fourth-order valence-corrected chi connectivity index (χ4v) is 5.73. The molecule has 6 rings (SSSR count). The van der Waals surface area contributed by atoms with E-state index in [0.29, 0.717) is 23.1 Å². The maximum Gasteiger partial charge on any atom is 0.337 e. The molecule has 0 saturated heterocycles. The smallest absolute Gasteiger partial charge is 0.337 e. The number of nitrogens with zero attached hydrogens (tertiary/aromatic N) is 1. The average molecular weight is 438 g/mol. The molecule has 4 heteroatoms. The summed E-state index contributed by atoms with van der Waals surface area (Å²) >= 11 is 0. The minimum absolute atomic E-state index is 0.623. The lowest BCUT2D eigenvalue weighted by Gasteiger charge is -2.28. The number of ether oxygens (including phenoxy) is 1. The molecule has 3 aromatic carbocycles. The highest BCUT2D eigenvalue weighted by molar-refractivity contribution is 6.09. The third-order valence-corrected chi connectivity index (χ3v) is 7.04. The number of aryl methyl sites for hydroxylation is 1. The predicted octanol–water partition coefficient (Wildman–Crippen LogP) is 6.89. The van der Waals surface area contributed by atoms with E-state index in [1.165, 1.54) is 28.3 Å². The van der Waals surface area contributed by atoms with Gasteiger partial charge in [0.15, 0.2) is 6.10 Å². The van der Waals surface area contributed by atoms with Gasteiger partial charge in [-0.1, -0.05) is 48.5 Å². The van der Waals surface area contributed by atoms with Crippen molar-refractivity contribution in [1.29, 1.82) is 0 Å². The van der Waals surface area contributed by atoms with E-state index >= 15 is 0 Å². The summed E-state index contributed by atoms with van der Waals surface area (Å²) in [6.07, 6.45) is 0.127. The molecular formula is C29H27NO3. The fourth-order valence-electron chi connectivity index (χ4n) is 5.73. The number of fused-ring (bicyclic) bond motifs is 4. The van der Waals surface area contributed by atoms with E-state index in [-0.39, 0.29) is 0 Å². The van der Waals surface area contributed by atoms with Crippen LogP contribution in [0.2, 0.25) is 0 Å². The summed E-state index contributed by atoms with van der Waals surface area (Å²) in [5.41, 5.74) is 6.41. The molecule has 1 saturated carbocycles. The third-order valence-electron chi connectivity index (χ3n) is 7.04. The first-order valence-corrected chi connectivity index (χ1v) is 11.6. The molecule has 2 aliphatic rings. The zero-order valence-corrected chi connectivity index (χ0v) is 19.3. The van der Waals surface area contributed by atoms with Crippen LogP contribution < -0.4 is 0 Å². The van der Waals surface area contributed by atoms with Crippen molar-refractivity contribution in [2.24, 2.45) is 0 Å². The van der Waals surface area contributed by atoms with Crippen LogP contribution in [0.1, 0.15) is 67.5 Å². The normalized spacial score (nSPS) is 19.6. The first-order valence-electron chi connectivity index (χ1n) is 11.6. The second kappa shape index (κ2) is 6.88. The highest BCUT2D eigenvalue weighted by atomic mass is 16.5. The van der Waals surface area contributed by atoms with Crippen LogP contribution in [0, 0.1) is 6.92 Å². The molecule has 0 amide bonds. The average Bonchev–Trinajstić information content (AvgIpc) is 3.49. The number of carboxylic acids is 1. The van der Waals surface area contributed by atoms with Gasteiger partial charge < -0.3 is 9.84 Å². The van der Waals surface area contributed by atoms with Gasteiger partial charge in [0.2, 0.25) is 0 Å². The molecule has 0 aliphatic heterocycles. The molecule has 4 aromatic rings. The molecule has 0 spiro atoms. The lowest BCUT2D eigenvalue weighted by molar-refractivity contribution is -0.160. The van der Waals surface area contributed by atoms with Gasteiger partial charge in [0.1, 0.15) is 0 Å². The van der Waals surface area contributed by atoms with Crippen LogP contribution in [0.15, 0.2) is 54.6 Å². The molecular weight excluding hydrogens is 410 g/mol. The molecule has 1 aromatic heterocycles. The Bertz CT molecular complexity index is 1450. The summed E-state index contributed by atoms with van der Waals surface area (Å²) in [6.45, 7) is 7.55. The Kier molecular flexibility index (Phi) is 4.25. The van der Waals surface area contributed by atoms with Gasteiger partial charge >= 0.3 is 5.97 Å². The maximum atomic E-state index is 12.5. The van der Waals surface area contributed by atoms with Gasteiger partial charge in [-0.3, -0.25) is 4.98 Å². The molecule has 1 N–H and O–H groups in total. The highest BCUT2D eigenvalue weighted by Gasteiger charge is 2.46. The Morgan fingerprint density at radius 2 is 1.70 bits per heavy atom. The summed E-state index contributed by atoms with van der Waals surface area (Å²) in [5, 5.41) is 13.7. The van der Waals surface area contributed by atoms with Gasteiger partial charge in [0.05, 0.1) is 11.1 Å². The number of rotatable bonds is 4. The molecule has 3 atom stereocenters. The lowest BCUT2D eigenvalue weighted by atomic mass is 9.86. The molecule has 4 nitrogen and oxygen atoms in total. The van der Waals surface area contributed by atoms with Crippen molar-refractivity contribution in [3.63, 3.8) is 0 Å². The van der Waals surface area contributed by atoms with E-state index in [9.17, 15) is 9.90 Å². The second-order valence-corrected chi connectivity index (χ2v) is 10.4. The van der Waals surface area contributed by atoms with Gasteiger partial charge in [0.25, 0.3) is 0 Å². The van der Waals surface area contributed by atoms with Crippen LogP contribution in [0.5, 0.6) is 0 Å². The van der Waals surface area contributed by atoms with Crippen molar-refractivity contribution in [2.45, 2.75) is 57.7 Å². The second-order valence-electron chi connectivity index (χ2n) is 10.4. The number of hydrogen-bond donors (Lipinski definition) is 1. The summed E-state index contributed by atoms with van der Waals surface area (Å²) in [5.74, 6) is 0.286. The van der Waals surface area contributed by atoms with Crippen molar-refractivity contribution >= 4 is 27.6 Å². The number of pyridine rings is 1. The van der Waals surface area contributed by atoms with Crippen LogP contribution in [0.3, 0.4) is 0 Å². The van der Waals surface area contributed by atoms with E-state index < -0.39 is 17.7 Å². The van der Waals surface area contributed by atoms with Crippen LogP contribution in [-0.2, 0) is 9.53 Å². The summed E-state index contributed by atoms with van der Waals surface area (Å²) in [4.78, 5) is 17.3. The van der Waals surface area contributed by atoms with Crippen molar-refractivity contribution in [3.8, 4) is 11.1 Å². The maximum absolute atomic E-state index is 12.5. The fraction of sp³-hybridized carbons (Fsp3) is 0.310. The molecule has 33 heavy (non-hydrogen) atoms. The van der Waals surface area contributed by atoms with Gasteiger partial charge in [-0.15, -0.1) is 0 Å². The Hall–Kier alpha value is -3.24. The SMILES string of the molecule is Cc1nc2ccccc2c(-c2ccc3c4c(cccc24)[C@@H]2C[C@H]32)c1[C@H](OC(C)(C)C)C(=O)O. The minimum Gasteiger partial charge on any atom is -0.479 e. The number of aliphatic carboxylic acids is 1. The van der Waals surface area contributed by atoms with Crippen molar-refractivity contribution in [1.82, 2.24) is 4.98 Å². The molecule has 1 heterocycles. The predicted molar refractivity (Wildman–Crippen MR) is 131 cm³/mol. The van der Waals surface area contributed by atoms with Gasteiger partial charge in [-0.05, 0) is 85.0 Å². The molecule has 2 aliphatic carbocycles. The van der Waals surface area contributed by atoms with Gasteiger partial charge in [0, 0.05) is 16.6 Å². The number of para-hydroxylation sites is 1. The zero-order chi connectivity index (χ0) is 23.1. The molecule has 166 valence electrons. The Morgan fingerprint density at radius 1 is 1.00 bits per heavy atom. The largest absolute Gasteiger partial charge is 0.479 e. The van der Waals surface area contributed by atoms with Crippen LogP contribution in [-0.4, -0.2) is 21.7 Å². The van der Waals surface area contributed by atoms with Crippen LogP contribution >= 0.6 is 0 Å². The standard InChI is InChI=1S/C29H27NO3/c1-15-24(27(28(31)32)33-29(2,3)4)26(20-8-5-6-11-23(20)30-15)18-12-13-19-22-14-21(22)17-10-7-9-16(18)25(17)19/h5-13,21-22,27H,14H2,1-4H3,(H,31,32)/t21-,22+,27-/m0/s1. The first kappa shape index (κ1) is 20.4. The van der Waals surface area contributed by atoms with Gasteiger partial charge in [-0.25, -0.2) is 4.79 Å². The van der Waals surface area contributed by atoms with Crippen LogP contribution in [0.25, 0.3) is 32.8 Å². The van der Waals surface area contributed by atoms with E-state index in [4.69, 9.17) is 9.72 Å². The molecule has 0 bridgehead atoms. The topological polar surface area (TPSA) is 59.4 Å². The molecule has 0 radical (unpaired) electrons. The Morgan fingerprint density at radius 3 is 2.42 bits per heavy atom. The summed E-state index contributed by atoms with van der Waals surface area (Å²) in [6, 6.07) is 19.0. The number of benzene rings is 3. The lowest BCUT2D eigenvalue weighted by Crippen LogP contribution is -2.28. The van der Waals surface area contributed by atoms with Crippen molar-refractivity contribution in [2.75, 3.05) is 0 Å². The Labute approximate surface area is 193 Å². The van der Waals surface area contributed by atoms with Crippen LogP contribution in [0.4, 0.5) is 0 Å². The van der Waals surface area contributed by atoms with Crippen molar-refractivity contribution < 1.29 is 14.6 Å². The first-order chi connectivity index (χ1) is 15.7. The summed E-state index contributed by atoms with van der Waals surface area (Å²) in [7, 11) is 0. The van der Waals surface area contributed by atoms with E-state index in [1.54, 1.807) is 0 Å². The number of hydrogen-bond acceptors (Lipinski definition) is 3. The third kappa shape index (κ3) is 3.08. The summed E-state index contributed by atoms with van der Waals surface area (Å²) < 4.78 is 6.13. The zero-order valence-electron chi connectivity index (χ0n) is 19.3. The van der Waals surface area contributed by atoms with Crippen molar-refractivity contribution in [3.05, 3.63) is 77.0 Å². The molecule has 1 fully saturated rings. The Balaban J connectivity index is 1.71. The monoisotopic (exact) mass is 437 g/mol. The van der Waals surface area contributed by atoms with Gasteiger partial charge in [-0.2, -0.15) is 0 Å². The molecule has 0 unspecified atom stereocenters. The van der Waals surface area contributed by atoms with E-state index in [1.807, 2.05) is 52.0 Å². The highest BCUT2D eigenvalue weighted by Crippen LogP contribution is 2.63. The number of aromatic nitrogens is 1.